The Morgan fingerprint density at radius 2 is 2.00 bits per heavy atom. The van der Waals surface area contributed by atoms with Crippen molar-refractivity contribution in [3.05, 3.63) is 63.7 Å². The van der Waals surface area contributed by atoms with E-state index in [0.717, 1.165) is 11.6 Å². The minimum atomic E-state index is -0.593. The number of hydrogen-bond acceptors (Lipinski definition) is 7. The highest BCUT2D eigenvalue weighted by atomic mass is 16.6. The topological polar surface area (TPSA) is 125 Å². The van der Waals surface area contributed by atoms with Gasteiger partial charge in [0, 0.05) is 25.2 Å². The van der Waals surface area contributed by atoms with Gasteiger partial charge in [-0.1, -0.05) is 18.2 Å². The summed E-state index contributed by atoms with van der Waals surface area (Å²) in [5, 5.41) is 32.5. The summed E-state index contributed by atoms with van der Waals surface area (Å²) in [6.45, 7) is -0.317. The van der Waals surface area contributed by atoms with Crippen LogP contribution < -0.4 is 15.0 Å². The van der Waals surface area contributed by atoms with Crippen molar-refractivity contribution in [2.75, 3.05) is 38.4 Å². The number of carbonyl (C=O) groups excluding carboxylic acids is 1. The second-order valence-corrected chi connectivity index (χ2v) is 5.90. The van der Waals surface area contributed by atoms with Crippen molar-refractivity contribution in [2.45, 2.75) is 6.42 Å². The Bertz CT molecular complexity index is 827. The van der Waals surface area contributed by atoms with Crippen molar-refractivity contribution in [1.29, 1.82) is 0 Å². The van der Waals surface area contributed by atoms with Crippen LogP contribution in [0.2, 0.25) is 0 Å². The number of hydrogen-bond donors (Lipinski definition) is 3. The number of nitro groups is 1. The Morgan fingerprint density at radius 3 is 2.64 bits per heavy atom. The second-order valence-electron chi connectivity index (χ2n) is 5.90. The molecular formula is C19H23N3O6. The van der Waals surface area contributed by atoms with E-state index < -0.39 is 17.6 Å². The summed E-state index contributed by atoms with van der Waals surface area (Å²) in [4.78, 5) is 24.5. The third-order valence-corrected chi connectivity index (χ3v) is 4.19. The molecule has 2 aromatic carbocycles. The molecule has 28 heavy (non-hydrogen) atoms. The maximum atomic E-state index is 12.7. The lowest BCUT2D eigenvalue weighted by atomic mass is 10.1. The molecule has 0 atom stereocenters. The zero-order valence-corrected chi connectivity index (χ0v) is 15.5. The first-order chi connectivity index (χ1) is 13.5. The minimum absolute atomic E-state index is 0.0525. The molecule has 0 unspecified atom stereocenters. The van der Waals surface area contributed by atoms with E-state index in [4.69, 9.17) is 9.84 Å². The minimum Gasteiger partial charge on any atom is -0.496 e. The van der Waals surface area contributed by atoms with E-state index in [9.17, 15) is 20.0 Å². The average molecular weight is 389 g/mol. The van der Waals surface area contributed by atoms with Crippen LogP contribution in [0.15, 0.2) is 42.5 Å². The number of nitrogens with zero attached hydrogens (tertiary/aromatic N) is 2. The number of aliphatic hydroxyl groups is 2. The monoisotopic (exact) mass is 389 g/mol. The van der Waals surface area contributed by atoms with Gasteiger partial charge in [-0.2, -0.15) is 0 Å². The van der Waals surface area contributed by atoms with Crippen molar-refractivity contribution < 1.29 is 24.7 Å². The fourth-order valence-electron chi connectivity index (χ4n) is 2.80. The van der Waals surface area contributed by atoms with E-state index >= 15 is 0 Å². The lowest BCUT2D eigenvalue weighted by Gasteiger charge is -2.23. The molecule has 1 amide bonds. The molecule has 2 rings (SSSR count). The first-order valence-electron chi connectivity index (χ1n) is 8.67. The summed E-state index contributed by atoms with van der Waals surface area (Å²) >= 11 is 0. The number of ether oxygens (including phenoxy) is 1. The molecule has 0 aliphatic heterocycles. The summed E-state index contributed by atoms with van der Waals surface area (Å²) < 4.78 is 5.28. The molecule has 0 spiro atoms. The van der Waals surface area contributed by atoms with Crippen LogP contribution in [0.1, 0.15) is 15.9 Å². The molecule has 3 N–H and O–H groups in total. The van der Waals surface area contributed by atoms with Gasteiger partial charge in [-0.3, -0.25) is 14.9 Å². The van der Waals surface area contributed by atoms with Gasteiger partial charge in [0.2, 0.25) is 0 Å². The van der Waals surface area contributed by atoms with Crippen LogP contribution >= 0.6 is 0 Å². The quantitative estimate of drug-likeness (QED) is 0.318. The van der Waals surface area contributed by atoms with Crippen molar-refractivity contribution in [3.63, 3.8) is 0 Å². The zero-order chi connectivity index (χ0) is 20.5. The molecule has 2 aromatic rings. The number of nitro benzene ring substituents is 1. The molecule has 150 valence electrons. The smallest absolute Gasteiger partial charge is 0.270 e. The summed E-state index contributed by atoms with van der Waals surface area (Å²) in [5.41, 5.74) is 1.04. The number of anilines is 1. The van der Waals surface area contributed by atoms with Gasteiger partial charge in [-0.25, -0.2) is 0 Å². The molecule has 0 bridgehead atoms. The Labute approximate surface area is 162 Å². The van der Waals surface area contributed by atoms with Crippen LogP contribution in [0.3, 0.4) is 0 Å². The molecule has 9 nitrogen and oxygen atoms in total. The molecule has 9 heteroatoms. The molecule has 0 radical (unpaired) electrons. The van der Waals surface area contributed by atoms with Gasteiger partial charge in [-0.05, 0) is 24.1 Å². The Balaban J connectivity index is 2.19. The molecule has 0 aliphatic rings. The van der Waals surface area contributed by atoms with Crippen molar-refractivity contribution in [2.24, 2.45) is 0 Å². The predicted molar refractivity (Wildman–Crippen MR) is 104 cm³/mol. The predicted octanol–water partition coefficient (Wildman–Crippen LogP) is 1.32. The van der Waals surface area contributed by atoms with E-state index in [0.29, 0.717) is 24.4 Å². The van der Waals surface area contributed by atoms with E-state index in [2.05, 4.69) is 5.32 Å². The Morgan fingerprint density at radius 1 is 1.25 bits per heavy atom. The lowest BCUT2D eigenvalue weighted by Crippen LogP contribution is -2.32. The van der Waals surface area contributed by atoms with Crippen molar-refractivity contribution >= 4 is 17.3 Å². The van der Waals surface area contributed by atoms with Gasteiger partial charge >= 0.3 is 0 Å². The van der Waals surface area contributed by atoms with Gasteiger partial charge in [0.25, 0.3) is 11.6 Å². The summed E-state index contributed by atoms with van der Waals surface area (Å²) in [5.74, 6) is 0.201. The molecule has 0 fully saturated rings. The maximum Gasteiger partial charge on any atom is 0.270 e. The lowest BCUT2D eigenvalue weighted by molar-refractivity contribution is -0.384. The standard InChI is InChI=1S/C19H23N3O6/c1-28-18-5-3-2-4-14(18)8-9-20-19(25)16-12-15(22(26)27)6-7-17(16)21(13-24)10-11-23/h2-7,12,23-24H,8-11,13H2,1H3,(H,20,25). The maximum absolute atomic E-state index is 12.7. The van der Waals surface area contributed by atoms with Crippen LogP contribution in [0.5, 0.6) is 5.75 Å². The molecule has 0 saturated heterocycles. The van der Waals surface area contributed by atoms with Gasteiger partial charge in [0.15, 0.2) is 0 Å². The van der Waals surface area contributed by atoms with Crippen LogP contribution in [-0.2, 0) is 6.42 Å². The second kappa shape index (κ2) is 10.2. The SMILES string of the molecule is COc1ccccc1CCNC(=O)c1cc([N+](=O)[O-])ccc1N(CO)CCO. The molecule has 0 aliphatic carbocycles. The third kappa shape index (κ3) is 5.18. The van der Waals surface area contributed by atoms with E-state index in [1.54, 1.807) is 7.11 Å². The van der Waals surface area contributed by atoms with Crippen molar-refractivity contribution in [1.82, 2.24) is 5.32 Å². The number of carbonyl (C=O) groups is 1. The normalized spacial score (nSPS) is 10.4. The fraction of sp³-hybridized carbons (Fsp3) is 0.316. The first kappa shape index (κ1) is 21.1. The number of methoxy groups -OCH3 is 1. The third-order valence-electron chi connectivity index (χ3n) is 4.19. The van der Waals surface area contributed by atoms with Gasteiger partial charge in [0.1, 0.15) is 12.5 Å². The van der Waals surface area contributed by atoms with Crippen LogP contribution in [0.4, 0.5) is 11.4 Å². The Kier molecular flexibility index (Phi) is 7.73. The number of non-ortho nitro benzene ring substituents is 1. The van der Waals surface area contributed by atoms with E-state index in [1.165, 1.54) is 17.0 Å². The number of benzene rings is 2. The highest BCUT2D eigenvalue weighted by Crippen LogP contribution is 2.25. The number of nitrogens with one attached hydrogen (secondary N) is 1. The fourth-order valence-corrected chi connectivity index (χ4v) is 2.80. The number of amides is 1. The molecule has 0 aromatic heterocycles. The van der Waals surface area contributed by atoms with Crippen LogP contribution in [-0.4, -0.2) is 54.6 Å². The Hall–Kier alpha value is -3.17. The number of para-hydroxylation sites is 1. The molecular weight excluding hydrogens is 366 g/mol. The number of rotatable bonds is 10. The van der Waals surface area contributed by atoms with Gasteiger partial charge < -0.3 is 25.2 Å². The molecule has 0 saturated carbocycles. The summed E-state index contributed by atoms with van der Waals surface area (Å²) in [6.07, 6.45) is 0.514. The van der Waals surface area contributed by atoms with Gasteiger partial charge in [-0.15, -0.1) is 0 Å². The first-order valence-corrected chi connectivity index (χ1v) is 8.67. The highest BCUT2D eigenvalue weighted by molar-refractivity contribution is 6.00. The van der Waals surface area contributed by atoms with Crippen molar-refractivity contribution in [3.8, 4) is 5.75 Å². The van der Waals surface area contributed by atoms with Crippen LogP contribution in [0.25, 0.3) is 0 Å². The van der Waals surface area contributed by atoms with Gasteiger partial charge in [0.05, 0.1) is 29.9 Å². The van der Waals surface area contributed by atoms with Crippen LogP contribution in [0, 0.1) is 10.1 Å². The molecule has 0 heterocycles. The van der Waals surface area contributed by atoms with E-state index in [1.807, 2.05) is 24.3 Å². The summed E-state index contributed by atoms with van der Waals surface area (Å²) in [6, 6.07) is 11.2. The number of aliphatic hydroxyl groups excluding tert-OH is 2. The zero-order valence-electron chi connectivity index (χ0n) is 15.5. The summed E-state index contributed by atoms with van der Waals surface area (Å²) in [7, 11) is 1.57. The highest BCUT2D eigenvalue weighted by Gasteiger charge is 2.20. The van der Waals surface area contributed by atoms with E-state index in [-0.39, 0.29) is 24.4 Å². The largest absolute Gasteiger partial charge is 0.496 e. The average Bonchev–Trinajstić information content (AvgIpc) is 2.71.